The highest BCUT2D eigenvalue weighted by Crippen LogP contribution is 2.40. The van der Waals surface area contributed by atoms with Gasteiger partial charge in [0, 0.05) is 37.7 Å². The first-order chi connectivity index (χ1) is 19.3. The minimum absolute atomic E-state index is 0.0749. The molecule has 7 nitrogen and oxygen atoms in total. The number of Topliss-reactive ketones (excluding diaryl/α,β-unsaturated/α-hetero) is 1. The molecule has 1 aliphatic heterocycles. The summed E-state index contributed by atoms with van der Waals surface area (Å²) < 4.78 is 13.4. The van der Waals surface area contributed by atoms with Crippen molar-refractivity contribution in [2.75, 3.05) is 12.4 Å². The molecule has 1 N–H and O–H groups in total. The van der Waals surface area contributed by atoms with Crippen LogP contribution in [0.25, 0.3) is 0 Å². The van der Waals surface area contributed by atoms with Gasteiger partial charge in [-0.2, -0.15) is 4.98 Å². The van der Waals surface area contributed by atoms with E-state index in [1.807, 2.05) is 43.3 Å². The summed E-state index contributed by atoms with van der Waals surface area (Å²) in [6, 6.07) is 18.0. The van der Waals surface area contributed by atoms with Gasteiger partial charge in [0.2, 0.25) is 11.1 Å². The molecule has 3 aromatic carbocycles. The molecule has 1 atom stereocenters. The maximum atomic E-state index is 12.8. The van der Waals surface area contributed by atoms with Crippen LogP contribution < -0.4 is 14.8 Å². The lowest BCUT2D eigenvalue weighted by Crippen LogP contribution is -2.27. The Morgan fingerprint density at radius 1 is 1.02 bits per heavy atom. The Hall–Kier alpha value is -3.17. The molecule has 0 aliphatic carbocycles. The van der Waals surface area contributed by atoms with Crippen molar-refractivity contribution in [1.29, 1.82) is 0 Å². The summed E-state index contributed by atoms with van der Waals surface area (Å²) >= 11 is 20.4. The predicted octanol–water partition coefficient (Wildman–Crippen LogP) is 8.00. The fourth-order valence-electron chi connectivity index (χ4n) is 4.51. The lowest BCUT2D eigenvalue weighted by atomic mass is 9.93. The molecular formula is C29H25Cl3N4O3S. The van der Waals surface area contributed by atoms with Crippen molar-refractivity contribution in [3.05, 3.63) is 104 Å². The van der Waals surface area contributed by atoms with Crippen molar-refractivity contribution in [1.82, 2.24) is 14.8 Å². The lowest BCUT2D eigenvalue weighted by Gasteiger charge is -2.28. The topological polar surface area (TPSA) is 78.3 Å². The van der Waals surface area contributed by atoms with E-state index in [1.165, 1.54) is 11.8 Å². The highest BCUT2D eigenvalue weighted by molar-refractivity contribution is 7.98. The Balaban J connectivity index is 1.46. The van der Waals surface area contributed by atoms with Gasteiger partial charge in [-0.1, -0.05) is 76.9 Å². The summed E-state index contributed by atoms with van der Waals surface area (Å²) in [5.74, 6) is 2.08. The molecule has 2 heterocycles. The van der Waals surface area contributed by atoms with Crippen molar-refractivity contribution in [2.24, 2.45) is 0 Å². The molecule has 0 fully saturated rings. The second kappa shape index (κ2) is 12.1. The van der Waals surface area contributed by atoms with Crippen molar-refractivity contribution < 1.29 is 14.3 Å². The summed E-state index contributed by atoms with van der Waals surface area (Å²) in [6.07, 6.45) is 0. The summed E-state index contributed by atoms with van der Waals surface area (Å²) in [5.41, 5.74) is 3.76. The standard InChI is InChI=1S/C29H25Cl3N4O3S/c1-16-26(17(2)37)27(36-28(33-16)34-29(35-36)40-15-19-7-4-5-8-21(19)30)18-11-12-24(25(13-18)38-3)39-14-20-22(31)9-6-10-23(20)32/h4-13,27H,14-15H2,1-3H3,(H,33,34,35). The number of ether oxygens (including phenoxy) is 2. The van der Waals surface area contributed by atoms with Crippen LogP contribution in [0.2, 0.25) is 15.1 Å². The Kier molecular flexibility index (Phi) is 8.61. The van der Waals surface area contributed by atoms with Gasteiger partial charge in [0.25, 0.3) is 0 Å². The monoisotopic (exact) mass is 614 g/mol. The number of fused-ring (bicyclic) bond motifs is 1. The zero-order valence-corrected chi connectivity index (χ0v) is 25.0. The van der Waals surface area contributed by atoms with Gasteiger partial charge >= 0.3 is 0 Å². The molecule has 1 aliphatic rings. The molecule has 0 saturated heterocycles. The second-order valence-corrected chi connectivity index (χ2v) is 11.2. The number of anilines is 1. The zero-order valence-electron chi connectivity index (χ0n) is 21.9. The Morgan fingerprint density at radius 3 is 2.45 bits per heavy atom. The number of hydrogen-bond acceptors (Lipinski definition) is 7. The minimum Gasteiger partial charge on any atom is -0.493 e. The van der Waals surface area contributed by atoms with Gasteiger partial charge in [0.05, 0.1) is 7.11 Å². The molecule has 206 valence electrons. The Labute approximate surface area is 251 Å². The predicted molar refractivity (Wildman–Crippen MR) is 160 cm³/mol. The van der Waals surface area contributed by atoms with Crippen molar-refractivity contribution >= 4 is 58.3 Å². The van der Waals surface area contributed by atoms with Crippen LogP contribution in [-0.2, 0) is 17.2 Å². The number of rotatable bonds is 9. The van der Waals surface area contributed by atoms with Gasteiger partial charge in [0.15, 0.2) is 17.3 Å². The van der Waals surface area contributed by atoms with Crippen molar-refractivity contribution in [2.45, 2.75) is 37.4 Å². The number of carbonyl (C=O) groups is 1. The summed E-state index contributed by atoms with van der Waals surface area (Å²) in [6.45, 7) is 3.57. The molecule has 0 bridgehead atoms. The van der Waals surface area contributed by atoms with Crippen molar-refractivity contribution in [3.63, 3.8) is 0 Å². The Bertz CT molecular complexity index is 1600. The molecule has 1 aromatic heterocycles. The number of thioether (sulfide) groups is 1. The number of carbonyl (C=O) groups excluding carboxylic acids is 1. The molecule has 5 rings (SSSR count). The number of nitrogens with zero attached hydrogens (tertiary/aromatic N) is 3. The third-order valence-electron chi connectivity index (χ3n) is 6.46. The van der Waals surface area contributed by atoms with E-state index < -0.39 is 6.04 Å². The van der Waals surface area contributed by atoms with Gasteiger partial charge in [-0.05, 0) is 55.3 Å². The molecule has 0 spiro atoms. The number of methoxy groups -OCH3 is 1. The lowest BCUT2D eigenvalue weighted by molar-refractivity contribution is -0.114. The SMILES string of the molecule is COc1cc(C2C(C(C)=O)=C(C)Nc3nc(SCc4ccccc4Cl)nn32)ccc1OCc1c(Cl)cccc1Cl. The maximum Gasteiger partial charge on any atom is 0.227 e. The van der Waals surface area contributed by atoms with Gasteiger partial charge in [-0.25, -0.2) is 4.68 Å². The fourth-order valence-corrected chi connectivity index (χ4v) is 6.13. The number of hydrogen-bond donors (Lipinski definition) is 1. The third-order valence-corrected chi connectivity index (χ3v) is 8.43. The molecule has 0 saturated carbocycles. The molecule has 4 aromatic rings. The number of ketones is 1. The molecular weight excluding hydrogens is 591 g/mol. The molecule has 40 heavy (non-hydrogen) atoms. The highest BCUT2D eigenvalue weighted by Gasteiger charge is 2.33. The summed E-state index contributed by atoms with van der Waals surface area (Å²) in [7, 11) is 1.56. The van der Waals surface area contributed by atoms with Crippen molar-refractivity contribution in [3.8, 4) is 11.5 Å². The quantitative estimate of drug-likeness (QED) is 0.191. The summed E-state index contributed by atoms with van der Waals surface area (Å²) in [5, 5.41) is 10.3. The van der Waals surface area contributed by atoms with Crippen LogP contribution in [0.3, 0.4) is 0 Å². The van der Waals surface area contributed by atoms with Gasteiger partial charge in [0.1, 0.15) is 12.6 Å². The first-order valence-electron chi connectivity index (χ1n) is 12.3. The normalized spacial score (nSPS) is 14.5. The molecule has 1 unspecified atom stereocenters. The third kappa shape index (κ3) is 5.81. The van der Waals surface area contributed by atoms with E-state index in [9.17, 15) is 4.79 Å². The average molecular weight is 616 g/mol. The first kappa shape index (κ1) is 28.4. The van der Waals surface area contributed by atoms with E-state index in [0.29, 0.717) is 60.3 Å². The number of halogens is 3. The maximum absolute atomic E-state index is 12.8. The average Bonchev–Trinajstić information content (AvgIpc) is 3.33. The van der Waals surface area contributed by atoms with E-state index in [4.69, 9.17) is 49.4 Å². The summed E-state index contributed by atoms with van der Waals surface area (Å²) in [4.78, 5) is 17.5. The largest absolute Gasteiger partial charge is 0.493 e. The smallest absolute Gasteiger partial charge is 0.227 e. The van der Waals surface area contributed by atoms with Crippen LogP contribution in [-0.4, -0.2) is 27.7 Å². The fraction of sp³-hybridized carbons (Fsp3) is 0.207. The zero-order chi connectivity index (χ0) is 28.4. The van der Waals surface area contributed by atoms with Gasteiger partial charge in [-0.3, -0.25) is 4.79 Å². The van der Waals surface area contributed by atoms with Gasteiger partial charge < -0.3 is 14.8 Å². The number of allylic oxidation sites excluding steroid dienone is 2. The van der Waals surface area contributed by atoms with Crippen LogP contribution in [0.1, 0.15) is 36.6 Å². The van der Waals surface area contributed by atoms with Crippen LogP contribution in [0.5, 0.6) is 11.5 Å². The van der Waals surface area contributed by atoms with E-state index in [-0.39, 0.29) is 12.4 Å². The van der Waals surface area contributed by atoms with Gasteiger partial charge in [-0.15, -0.1) is 5.10 Å². The van der Waals surface area contributed by atoms with E-state index in [0.717, 1.165) is 11.1 Å². The highest BCUT2D eigenvalue weighted by atomic mass is 35.5. The number of benzene rings is 3. The van der Waals surface area contributed by atoms with Crippen LogP contribution in [0.4, 0.5) is 5.95 Å². The second-order valence-electron chi connectivity index (χ2n) is 9.06. The van der Waals surface area contributed by atoms with E-state index >= 15 is 0 Å². The van der Waals surface area contributed by atoms with Crippen LogP contribution in [0.15, 0.2) is 77.1 Å². The Morgan fingerprint density at radius 2 is 1.75 bits per heavy atom. The number of aromatic nitrogens is 3. The van der Waals surface area contributed by atoms with Crippen LogP contribution in [0, 0.1) is 0 Å². The number of nitrogens with one attached hydrogen (secondary N) is 1. The minimum atomic E-state index is -0.517. The van der Waals surface area contributed by atoms with E-state index in [1.54, 1.807) is 43.0 Å². The van der Waals surface area contributed by atoms with E-state index in [2.05, 4.69) is 10.3 Å². The van der Waals surface area contributed by atoms with Crippen LogP contribution >= 0.6 is 46.6 Å². The first-order valence-corrected chi connectivity index (χ1v) is 14.4. The molecule has 0 radical (unpaired) electrons. The molecule has 11 heteroatoms. The molecule has 0 amide bonds.